The average Bonchev–Trinajstić information content (AvgIpc) is 2.44. The summed E-state index contributed by atoms with van der Waals surface area (Å²) < 4.78 is 61.6. The lowest BCUT2D eigenvalue weighted by atomic mass is 10.1. The third-order valence-electron chi connectivity index (χ3n) is 3.17. The molecule has 1 aromatic heterocycles. The Hall–Kier alpha value is -2.13. The fourth-order valence-corrected chi connectivity index (χ4v) is 2.74. The van der Waals surface area contributed by atoms with Gasteiger partial charge in [0.2, 0.25) is 10.0 Å². The van der Waals surface area contributed by atoms with Gasteiger partial charge in [-0.2, -0.15) is 13.2 Å². The van der Waals surface area contributed by atoms with E-state index < -0.39 is 26.7 Å². The molecule has 0 unspecified atom stereocenters. The SMILES string of the molecule is Cc1cccnc1CNc1ccc(S(N)(=O)=O)c(C(F)(F)F)c1. The molecule has 0 amide bonds. The van der Waals surface area contributed by atoms with Crippen molar-refractivity contribution in [3.8, 4) is 0 Å². The molecule has 23 heavy (non-hydrogen) atoms. The van der Waals surface area contributed by atoms with Crippen molar-refractivity contribution in [2.75, 3.05) is 5.32 Å². The number of alkyl halides is 3. The average molecular weight is 345 g/mol. The molecule has 9 heteroatoms. The minimum Gasteiger partial charge on any atom is -0.379 e. The molecule has 1 aromatic carbocycles. The second kappa shape index (κ2) is 6.17. The van der Waals surface area contributed by atoms with Gasteiger partial charge in [-0.15, -0.1) is 0 Å². The highest BCUT2D eigenvalue weighted by atomic mass is 32.2. The number of nitrogens with zero attached hydrogens (tertiary/aromatic N) is 1. The highest BCUT2D eigenvalue weighted by molar-refractivity contribution is 7.89. The zero-order valence-corrected chi connectivity index (χ0v) is 12.9. The minimum atomic E-state index is -4.83. The molecular weight excluding hydrogens is 331 g/mol. The maximum atomic E-state index is 13.0. The molecular formula is C14H14F3N3O2S. The van der Waals surface area contributed by atoms with Crippen molar-refractivity contribution in [1.29, 1.82) is 0 Å². The summed E-state index contributed by atoms with van der Waals surface area (Å²) in [5.74, 6) is 0. The zero-order valence-electron chi connectivity index (χ0n) is 12.1. The van der Waals surface area contributed by atoms with Crippen LogP contribution in [0.5, 0.6) is 0 Å². The predicted octanol–water partition coefficient (Wildman–Crippen LogP) is 2.67. The summed E-state index contributed by atoms with van der Waals surface area (Å²) in [6, 6.07) is 6.37. The van der Waals surface area contributed by atoms with Crippen LogP contribution in [-0.4, -0.2) is 13.4 Å². The van der Waals surface area contributed by atoms with Gasteiger partial charge in [-0.3, -0.25) is 4.98 Å². The van der Waals surface area contributed by atoms with Crippen LogP contribution in [0.3, 0.4) is 0 Å². The Morgan fingerprint density at radius 3 is 2.52 bits per heavy atom. The van der Waals surface area contributed by atoms with Crippen molar-refractivity contribution in [2.45, 2.75) is 24.5 Å². The maximum absolute atomic E-state index is 13.0. The summed E-state index contributed by atoms with van der Waals surface area (Å²) in [7, 11) is -4.47. The lowest BCUT2D eigenvalue weighted by Crippen LogP contribution is -2.19. The number of aryl methyl sites for hydroxylation is 1. The summed E-state index contributed by atoms with van der Waals surface area (Å²) >= 11 is 0. The highest BCUT2D eigenvalue weighted by Crippen LogP contribution is 2.35. The van der Waals surface area contributed by atoms with E-state index in [4.69, 9.17) is 5.14 Å². The third kappa shape index (κ3) is 4.20. The van der Waals surface area contributed by atoms with E-state index in [2.05, 4.69) is 10.3 Å². The number of aromatic nitrogens is 1. The summed E-state index contributed by atoms with van der Waals surface area (Å²) in [4.78, 5) is 3.17. The Balaban J connectivity index is 2.33. The van der Waals surface area contributed by atoms with Crippen molar-refractivity contribution >= 4 is 15.7 Å². The van der Waals surface area contributed by atoms with Crippen LogP contribution in [0.4, 0.5) is 18.9 Å². The van der Waals surface area contributed by atoms with Crippen molar-refractivity contribution < 1.29 is 21.6 Å². The normalized spacial score (nSPS) is 12.2. The number of rotatable bonds is 4. The number of hydrogen-bond acceptors (Lipinski definition) is 4. The molecule has 0 saturated carbocycles. The number of nitrogens with two attached hydrogens (primary N) is 1. The maximum Gasteiger partial charge on any atom is 0.417 e. The molecule has 0 spiro atoms. The summed E-state index contributed by atoms with van der Waals surface area (Å²) in [6.45, 7) is 2.04. The van der Waals surface area contributed by atoms with Crippen LogP contribution in [-0.2, 0) is 22.7 Å². The molecule has 0 saturated heterocycles. The second-order valence-electron chi connectivity index (χ2n) is 4.87. The van der Waals surface area contributed by atoms with Crippen LogP contribution in [0, 0.1) is 6.92 Å². The number of anilines is 1. The monoisotopic (exact) mass is 345 g/mol. The number of pyridine rings is 1. The van der Waals surface area contributed by atoms with Crippen molar-refractivity contribution in [2.24, 2.45) is 5.14 Å². The molecule has 0 fully saturated rings. The zero-order chi connectivity index (χ0) is 17.3. The van der Waals surface area contributed by atoms with E-state index in [1.807, 2.05) is 13.0 Å². The fourth-order valence-electron chi connectivity index (χ4n) is 2.00. The molecule has 0 atom stereocenters. The van der Waals surface area contributed by atoms with E-state index in [0.717, 1.165) is 17.7 Å². The van der Waals surface area contributed by atoms with Crippen LogP contribution in [0.15, 0.2) is 41.4 Å². The molecule has 5 nitrogen and oxygen atoms in total. The van der Waals surface area contributed by atoms with Crippen LogP contribution in [0.2, 0.25) is 0 Å². The third-order valence-corrected chi connectivity index (χ3v) is 4.14. The van der Waals surface area contributed by atoms with Crippen LogP contribution < -0.4 is 10.5 Å². The first-order chi connectivity index (χ1) is 10.6. The largest absolute Gasteiger partial charge is 0.417 e. The van der Waals surface area contributed by atoms with E-state index >= 15 is 0 Å². The van der Waals surface area contributed by atoms with Gasteiger partial charge in [0.05, 0.1) is 22.7 Å². The van der Waals surface area contributed by atoms with E-state index in [9.17, 15) is 21.6 Å². The topological polar surface area (TPSA) is 85.1 Å². The van der Waals surface area contributed by atoms with Crippen LogP contribution in [0.25, 0.3) is 0 Å². The predicted molar refractivity (Wildman–Crippen MR) is 79.1 cm³/mol. The van der Waals surface area contributed by atoms with Gasteiger partial charge in [-0.1, -0.05) is 6.07 Å². The van der Waals surface area contributed by atoms with Gasteiger partial charge < -0.3 is 5.32 Å². The van der Waals surface area contributed by atoms with Crippen LogP contribution in [0.1, 0.15) is 16.8 Å². The molecule has 1 heterocycles. The highest BCUT2D eigenvalue weighted by Gasteiger charge is 2.36. The van der Waals surface area contributed by atoms with E-state index in [0.29, 0.717) is 5.69 Å². The van der Waals surface area contributed by atoms with Gasteiger partial charge in [0.15, 0.2) is 0 Å². The first kappa shape index (κ1) is 17.2. The van der Waals surface area contributed by atoms with E-state index in [1.165, 1.54) is 6.07 Å². The van der Waals surface area contributed by atoms with Gasteiger partial charge in [0.25, 0.3) is 0 Å². The van der Waals surface area contributed by atoms with Crippen LogP contribution >= 0.6 is 0 Å². The number of primary sulfonamides is 1. The fraction of sp³-hybridized carbons (Fsp3) is 0.214. The van der Waals surface area contributed by atoms with Crippen molar-refractivity contribution in [1.82, 2.24) is 4.98 Å². The summed E-state index contributed by atoms with van der Waals surface area (Å²) in [5.41, 5.74) is 0.381. The Morgan fingerprint density at radius 2 is 1.96 bits per heavy atom. The Morgan fingerprint density at radius 1 is 1.26 bits per heavy atom. The van der Waals surface area contributed by atoms with Gasteiger partial charge in [0, 0.05) is 11.9 Å². The smallest absolute Gasteiger partial charge is 0.379 e. The number of benzene rings is 1. The first-order valence-electron chi connectivity index (χ1n) is 6.47. The number of hydrogen-bond donors (Lipinski definition) is 2. The lowest BCUT2D eigenvalue weighted by Gasteiger charge is -2.14. The van der Waals surface area contributed by atoms with E-state index in [1.54, 1.807) is 12.3 Å². The van der Waals surface area contributed by atoms with Crippen molar-refractivity contribution in [3.63, 3.8) is 0 Å². The Bertz CT molecular complexity index is 820. The molecule has 0 bridgehead atoms. The van der Waals surface area contributed by atoms with Gasteiger partial charge in [0.1, 0.15) is 0 Å². The number of halogens is 3. The molecule has 2 rings (SSSR count). The van der Waals surface area contributed by atoms with Gasteiger partial charge in [-0.25, -0.2) is 13.6 Å². The summed E-state index contributed by atoms with van der Waals surface area (Å²) in [5, 5.41) is 7.63. The number of sulfonamides is 1. The molecule has 0 radical (unpaired) electrons. The summed E-state index contributed by atoms with van der Waals surface area (Å²) in [6.07, 6.45) is -3.25. The molecule has 0 aliphatic heterocycles. The van der Waals surface area contributed by atoms with Crippen molar-refractivity contribution in [3.05, 3.63) is 53.3 Å². The molecule has 2 aromatic rings. The molecule has 124 valence electrons. The minimum absolute atomic E-state index is 0.120. The Labute approximate surface area is 131 Å². The first-order valence-corrected chi connectivity index (χ1v) is 8.02. The molecule has 3 N–H and O–H groups in total. The standard InChI is InChI=1S/C14H14F3N3O2S/c1-9-3-2-6-19-12(9)8-20-10-4-5-13(23(18,21)22)11(7-10)14(15,16)17/h2-7,20H,8H2,1H3,(H2,18,21,22). The van der Waals surface area contributed by atoms with E-state index in [-0.39, 0.29) is 12.2 Å². The van der Waals surface area contributed by atoms with Gasteiger partial charge >= 0.3 is 6.18 Å². The Kier molecular flexibility index (Phi) is 4.62. The molecule has 0 aliphatic carbocycles. The quantitative estimate of drug-likeness (QED) is 0.892. The lowest BCUT2D eigenvalue weighted by molar-refractivity contribution is -0.139. The molecule has 0 aliphatic rings. The second-order valence-corrected chi connectivity index (χ2v) is 6.40. The van der Waals surface area contributed by atoms with Gasteiger partial charge in [-0.05, 0) is 36.8 Å². The number of nitrogens with one attached hydrogen (secondary N) is 1.